The van der Waals surface area contributed by atoms with Crippen molar-refractivity contribution in [1.82, 2.24) is 19.9 Å². The quantitative estimate of drug-likeness (QED) is 0.624. The highest BCUT2D eigenvalue weighted by Gasteiger charge is 2.25. The topological polar surface area (TPSA) is 57.2 Å². The maximum Gasteiger partial charge on any atom is 0.130 e. The van der Waals surface area contributed by atoms with Crippen molar-refractivity contribution < 1.29 is 0 Å². The van der Waals surface area contributed by atoms with Gasteiger partial charge in [0.1, 0.15) is 11.6 Å². The van der Waals surface area contributed by atoms with Crippen LogP contribution in [0.3, 0.4) is 0 Å². The van der Waals surface area contributed by atoms with Gasteiger partial charge in [-0.2, -0.15) is 0 Å². The molecule has 0 unspecified atom stereocenters. The standard InChI is InChI=1S/C26H30N6/c1-18(24-16-27-19(2)28-17-24)30-26-7-6-21(15-29-26)23-12-22(20-4-5-20)13-25(14-23)32-10-8-31(3)9-11-32/h6-7,12-17,20H,1,4-5,8-11H2,2-3H3,(H,29,30). The summed E-state index contributed by atoms with van der Waals surface area (Å²) in [5.41, 5.74) is 6.78. The average Bonchev–Trinajstić information content (AvgIpc) is 3.66. The maximum atomic E-state index is 4.65. The fourth-order valence-electron chi connectivity index (χ4n) is 4.11. The zero-order valence-corrected chi connectivity index (χ0v) is 18.9. The van der Waals surface area contributed by atoms with Crippen LogP contribution in [0.2, 0.25) is 0 Å². The van der Waals surface area contributed by atoms with Gasteiger partial charge in [0.15, 0.2) is 0 Å². The molecule has 2 aliphatic rings. The highest BCUT2D eigenvalue weighted by Crippen LogP contribution is 2.43. The molecule has 1 aliphatic heterocycles. The molecule has 0 atom stereocenters. The van der Waals surface area contributed by atoms with Gasteiger partial charge in [0.25, 0.3) is 0 Å². The summed E-state index contributed by atoms with van der Waals surface area (Å²) in [4.78, 5) is 18.0. The summed E-state index contributed by atoms with van der Waals surface area (Å²) in [6, 6.07) is 11.2. The molecular formula is C26H30N6. The molecule has 0 bridgehead atoms. The molecule has 6 heteroatoms. The van der Waals surface area contributed by atoms with Crippen molar-refractivity contribution in [2.24, 2.45) is 0 Å². The predicted octanol–water partition coefficient (Wildman–Crippen LogP) is 4.56. The van der Waals surface area contributed by atoms with E-state index in [1.807, 2.05) is 19.2 Å². The van der Waals surface area contributed by atoms with Crippen molar-refractivity contribution in [1.29, 1.82) is 0 Å². The molecular weight excluding hydrogens is 396 g/mol. The molecule has 1 N–H and O–H groups in total. The van der Waals surface area contributed by atoms with Crippen LogP contribution in [0, 0.1) is 6.92 Å². The van der Waals surface area contributed by atoms with Gasteiger partial charge in [0.2, 0.25) is 0 Å². The highest BCUT2D eigenvalue weighted by molar-refractivity contribution is 5.75. The number of hydrogen-bond acceptors (Lipinski definition) is 6. The maximum absolute atomic E-state index is 4.65. The van der Waals surface area contributed by atoms with Crippen LogP contribution in [-0.2, 0) is 0 Å². The summed E-state index contributed by atoms with van der Waals surface area (Å²) in [7, 11) is 2.20. The number of benzene rings is 1. The smallest absolute Gasteiger partial charge is 0.130 e. The predicted molar refractivity (Wildman–Crippen MR) is 131 cm³/mol. The normalized spacial score (nSPS) is 16.8. The zero-order chi connectivity index (χ0) is 22.1. The minimum atomic E-state index is 0.718. The summed E-state index contributed by atoms with van der Waals surface area (Å²) < 4.78 is 0. The van der Waals surface area contributed by atoms with E-state index in [2.05, 4.69) is 68.0 Å². The Morgan fingerprint density at radius 2 is 1.69 bits per heavy atom. The number of likely N-dealkylation sites (N-methyl/N-ethyl adjacent to an activating group) is 1. The van der Waals surface area contributed by atoms with E-state index < -0.39 is 0 Å². The summed E-state index contributed by atoms with van der Waals surface area (Å²) in [6.07, 6.45) is 8.10. The van der Waals surface area contributed by atoms with E-state index in [0.717, 1.165) is 60.6 Å². The van der Waals surface area contributed by atoms with E-state index in [1.54, 1.807) is 12.4 Å². The highest BCUT2D eigenvalue weighted by atomic mass is 15.2. The van der Waals surface area contributed by atoms with E-state index in [4.69, 9.17) is 0 Å². The Bertz CT molecular complexity index is 1090. The van der Waals surface area contributed by atoms with Crippen molar-refractivity contribution in [2.75, 3.05) is 43.4 Å². The zero-order valence-electron chi connectivity index (χ0n) is 18.9. The molecule has 1 saturated carbocycles. The number of aromatic nitrogens is 3. The molecule has 5 rings (SSSR count). The van der Waals surface area contributed by atoms with Crippen molar-refractivity contribution in [2.45, 2.75) is 25.7 Å². The van der Waals surface area contributed by atoms with Crippen molar-refractivity contribution in [3.05, 3.63) is 72.5 Å². The number of pyridine rings is 1. The van der Waals surface area contributed by atoms with Gasteiger partial charge in [-0.05, 0) is 68.1 Å². The van der Waals surface area contributed by atoms with Crippen LogP contribution in [0.4, 0.5) is 11.5 Å². The monoisotopic (exact) mass is 426 g/mol. The second-order valence-corrected chi connectivity index (χ2v) is 8.93. The van der Waals surface area contributed by atoms with Gasteiger partial charge in [-0.3, -0.25) is 0 Å². The summed E-state index contributed by atoms with van der Waals surface area (Å²) in [5.74, 6) is 2.22. The Morgan fingerprint density at radius 1 is 0.938 bits per heavy atom. The van der Waals surface area contributed by atoms with Crippen LogP contribution in [0.5, 0.6) is 0 Å². The van der Waals surface area contributed by atoms with E-state index in [0.29, 0.717) is 0 Å². The third-order valence-electron chi connectivity index (χ3n) is 6.36. The van der Waals surface area contributed by atoms with Crippen LogP contribution in [0.1, 0.15) is 35.7 Å². The van der Waals surface area contributed by atoms with Crippen LogP contribution in [0.15, 0.2) is 55.5 Å². The van der Waals surface area contributed by atoms with Gasteiger partial charge >= 0.3 is 0 Å². The van der Waals surface area contributed by atoms with Crippen molar-refractivity contribution >= 4 is 17.2 Å². The summed E-state index contributed by atoms with van der Waals surface area (Å²) in [5, 5.41) is 3.26. The SMILES string of the molecule is C=C(Nc1ccc(-c2cc(C3CC3)cc(N3CCN(C)CC3)c2)cn1)c1cnc(C)nc1. The molecule has 1 aliphatic carbocycles. The Balaban J connectivity index is 1.36. The van der Waals surface area contributed by atoms with Gasteiger partial charge in [0, 0.05) is 67.3 Å². The lowest BCUT2D eigenvalue weighted by molar-refractivity contribution is 0.313. The van der Waals surface area contributed by atoms with E-state index in [1.165, 1.54) is 29.7 Å². The molecule has 3 aromatic rings. The summed E-state index contributed by atoms with van der Waals surface area (Å²) in [6.45, 7) is 10.3. The molecule has 1 aromatic carbocycles. The van der Waals surface area contributed by atoms with Crippen molar-refractivity contribution in [3.8, 4) is 11.1 Å². The Kier molecular flexibility index (Phi) is 5.62. The minimum Gasteiger partial charge on any atom is -0.369 e. The first kappa shape index (κ1) is 20.6. The number of hydrogen-bond donors (Lipinski definition) is 1. The van der Waals surface area contributed by atoms with Gasteiger partial charge in [-0.1, -0.05) is 12.6 Å². The van der Waals surface area contributed by atoms with Crippen LogP contribution >= 0.6 is 0 Å². The fourth-order valence-corrected chi connectivity index (χ4v) is 4.11. The van der Waals surface area contributed by atoms with Crippen LogP contribution < -0.4 is 10.2 Å². The van der Waals surface area contributed by atoms with Crippen LogP contribution in [0.25, 0.3) is 16.8 Å². The molecule has 6 nitrogen and oxygen atoms in total. The molecule has 3 heterocycles. The number of nitrogens with zero attached hydrogens (tertiary/aromatic N) is 5. The molecule has 32 heavy (non-hydrogen) atoms. The third kappa shape index (κ3) is 4.65. The van der Waals surface area contributed by atoms with Gasteiger partial charge in [-0.15, -0.1) is 0 Å². The fraction of sp³-hybridized carbons (Fsp3) is 0.346. The molecule has 0 amide bonds. The molecule has 0 radical (unpaired) electrons. The second-order valence-electron chi connectivity index (χ2n) is 8.93. The Morgan fingerprint density at radius 3 is 2.34 bits per heavy atom. The lowest BCUT2D eigenvalue weighted by Crippen LogP contribution is -2.44. The van der Waals surface area contributed by atoms with E-state index >= 15 is 0 Å². The number of rotatable bonds is 6. The third-order valence-corrected chi connectivity index (χ3v) is 6.36. The second kappa shape index (κ2) is 8.71. The molecule has 2 aromatic heterocycles. The average molecular weight is 427 g/mol. The van der Waals surface area contributed by atoms with Gasteiger partial charge in [0.05, 0.1) is 0 Å². The molecule has 1 saturated heterocycles. The van der Waals surface area contributed by atoms with E-state index in [-0.39, 0.29) is 0 Å². The van der Waals surface area contributed by atoms with E-state index in [9.17, 15) is 0 Å². The number of nitrogens with one attached hydrogen (secondary N) is 1. The molecule has 2 fully saturated rings. The number of aryl methyl sites for hydroxylation is 1. The Labute approximate surface area is 190 Å². The largest absolute Gasteiger partial charge is 0.369 e. The van der Waals surface area contributed by atoms with Gasteiger partial charge in [-0.25, -0.2) is 15.0 Å². The molecule has 164 valence electrons. The van der Waals surface area contributed by atoms with Gasteiger partial charge < -0.3 is 15.1 Å². The number of anilines is 2. The molecule has 0 spiro atoms. The van der Waals surface area contributed by atoms with Crippen molar-refractivity contribution in [3.63, 3.8) is 0 Å². The lowest BCUT2D eigenvalue weighted by atomic mass is 10.00. The number of piperazine rings is 1. The van der Waals surface area contributed by atoms with Crippen LogP contribution in [-0.4, -0.2) is 53.1 Å². The first-order valence-electron chi connectivity index (χ1n) is 11.3. The Hall–Kier alpha value is -3.25. The summed E-state index contributed by atoms with van der Waals surface area (Å²) >= 11 is 0. The first-order chi connectivity index (χ1) is 15.5. The minimum absolute atomic E-state index is 0.718. The lowest BCUT2D eigenvalue weighted by Gasteiger charge is -2.34. The first-order valence-corrected chi connectivity index (χ1v) is 11.3.